The molecule has 3 saturated heterocycles. The minimum Gasteiger partial charge on any atom is -0.370 e. The average molecular weight is 375 g/mol. The predicted octanol–water partition coefficient (Wildman–Crippen LogP) is 2.29. The summed E-state index contributed by atoms with van der Waals surface area (Å²) in [5.41, 5.74) is 2.88. The summed E-state index contributed by atoms with van der Waals surface area (Å²) in [5, 5.41) is 7.57. The van der Waals surface area contributed by atoms with Gasteiger partial charge in [-0.15, -0.1) is 0 Å². The average Bonchev–Trinajstić information content (AvgIpc) is 3.23. The lowest BCUT2D eigenvalue weighted by Gasteiger charge is -2.29. The fourth-order valence-corrected chi connectivity index (χ4v) is 5.73. The number of nitrogens with one attached hydrogen (secondary N) is 1. The van der Waals surface area contributed by atoms with Crippen LogP contribution in [0.25, 0.3) is 0 Å². The molecule has 6 nitrogen and oxygen atoms in total. The van der Waals surface area contributed by atoms with Crippen molar-refractivity contribution in [1.82, 2.24) is 20.0 Å². The van der Waals surface area contributed by atoms with Crippen molar-refractivity contribution >= 4 is 5.91 Å². The summed E-state index contributed by atoms with van der Waals surface area (Å²) in [6, 6.07) is 0. The molecule has 4 rings (SSSR count). The van der Waals surface area contributed by atoms with Crippen molar-refractivity contribution in [3.05, 3.63) is 17.0 Å². The summed E-state index contributed by atoms with van der Waals surface area (Å²) in [4.78, 5) is 15.4. The summed E-state index contributed by atoms with van der Waals surface area (Å²) in [6.45, 7) is 14.8. The van der Waals surface area contributed by atoms with E-state index in [1.807, 2.05) is 20.9 Å². The number of carbonyl (C=O) groups excluding carboxylic acids is 1. The largest absolute Gasteiger partial charge is 0.370 e. The van der Waals surface area contributed by atoms with Crippen LogP contribution in [0.5, 0.6) is 0 Å². The summed E-state index contributed by atoms with van der Waals surface area (Å²) >= 11 is 0. The highest BCUT2D eigenvalue weighted by Gasteiger charge is 2.62. The first-order valence-electron chi connectivity index (χ1n) is 10.3. The second kappa shape index (κ2) is 6.31. The molecule has 0 aliphatic carbocycles. The van der Waals surface area contributed by atoms with Crippen LogP contribution in [0.2, 0.25) is 0 Å². The molecule has 3 aliphatic heterocycles. The molecule has 2 bridgehead atoms. The van der Waals surface area contributed by atoms with Crippen LogP contribution in [0.1, 0.15) is 55.4 Å². The zero-order valence-electron chi connectivity index (χ0n) is 17.6. The topological polar surface area (TPSA) is 59.4 Å². The normalized spacial score (nSPS) is 32.9. The van der Waals surface area contributed by atoms with Crippen LogP contribution in [0, 0.1) is 31.1 Å². The highest BCUT2D eigenvalue weighted by molar-refractivity contribution is 5.94. The van der Waals surface area contributed by atoms with Gasteiger partial charge in [0, 0.05) is 50.6 Å². The van der Waals surface area contributed by atoms with Gasteiger partial charge in [-0.1, -0.05) is 20.8 Å². The van der Waals surface area contributed by atoms with Gasteiger partial charge in [-0.05, 0) is 32.1 Å². The molecule has 4 atom stereocenters. The fourth-order valence-electron chi connectivity index (χ4n) is 5.73. The van der Waals surface area contributed by atoms with E-state index in [2.05, 4.69) is 36.1 Å². The molecule has 3 fully saturated rings. The van der Waals surface area contributed by atoms with Crippen molar-refractivity contribution in [2.24, 2.45) is 24.3 Å². The molecule has 150 valence electrons. The third kappa shape index (κ3) is 3.21. The lowest BCUT2D eigenvalue weighted by atomic mass is 9.73. The Morgan fingerprint density at radius 1 is 1.37 bits per heavy atom. The van der Waals surface area contributed by atoms with E-state index in [0.717, 1.165) is 37.3 Å². The van der Waals surface area contributed by atoms with Gasteiger partial charge in [-0.3, -0.25) is 14.4 Å². The predicted molar refractivity (Wildman–Crippen MR) is 105 cm³/mol. The Bertz CT molecular complexity index is 750. The Labute approximate surface area is 162 Å². The van der Waals surface area contributed by atoms with E-state index in [0.29, 0.717) is 35.6 Å². The van der Waals surface area contributed by atoms with Crippen molar-refractivity contribution in [3.8, 4) is 0 Å². The highest BCUT2D eigenvalue weighted by Crippen LogP contribution is 2.54. The number of carbonyl (C=O) groups is 1. The molecule has 6 heteroatoms. The molecule has 0 radical (unpaired) electrons. The third-order valence-corrected chi connectivity index (χ3v) is 6.79. The van der Waals surface area contributed by atoms with Gasteiger partial charge in [-0.25, -0.2) is 0 Å². The number of amides is 1. The number of rotatable bonds is 4. The SMILES string of the molecule is Cc1nn(C)c(C(=O)NC[C@H]2[C@H]3CN(CC(C)(C)C)C[C@]34CC[C@H]2O4)c1C. The van der Waals surface area contributed by atoms with E-state index < -0.39 is 0 Å². The summed E-state index contributed by atoms with van der Waals surface area (Å²) in [6.07, 6.45) is 2.61. The van der Waals surface area contributed by atoms with Crippen molar-refractivity contribution in [3.63, 3.8) is 0 Å². The fraction of sp³-hybridized carbons (Fsp3) is 0.810. The maximum absolute atomic E-state index is 12.8. The standard InChI is InChI=1S/C21H34N4O2/c1-13-14(2)23-24(6)18(13)19(26)22-9-15-16-10-25(11-20(3,4)5)12-21(16)8-7-17(15)27-21/h15-17H,7-12H2,1-6H3,(H,22,26)/t15-,16+,17+,21+/m0/s1. The van der Waals surface area contributed by atoms with Gasteiger partial charge in [0.25, 0.3) is 5.91 Å². The molecule has 0 saturated carbocycles. The van der Waals surface area contributed by atoms with E-state index in [1.54, 1.807) is 4.68 Å². The van der Waals surface area contributed by atoms with Gasteiger partial charge in [0.2, 0.25) is 0 Å². The van der Waals surface area contributed by atoms with Gasteiger partial charge >= 0.3 is 0 Å². The first-order valence-corrected chi connectivity index (χ1v) is 10.3. The second-order valence-corrected chi connectivity index (χ2v) is 10.2. The maximum atomic E-state index is 12.8. The van der Waals surface area contributed by atoms with Gasteiger partial charge in [0.05, 0.1) is 17.4 Å². The number of hydrogen-bond donors (Lipinski definition) is 1. The molecule has 1 amide bonds. The lowest BCUT2D eigenvalue weighted by Crippen LogP contribution is -2.42. The maximum Gasteiger partial charge on any atom is 0.269 e. The lowest BCUT2D eigenvalue weighted by molar-refractivity contribution is 0.000432. The number of likely N-dealkylation sites (tertiary alicyclic amines) is 1. The Morgan fingerprint density at radius 2 is 2.11 bits per heavy atom. The number of fused-ring (bicyclic) bond motifs is 1. The monoisotopic (exact) mass is 374 g/mol. The van der Waals surface area contributed by atoms with E-state index in [1.165, 1.54) is 6.42 Å². The van der Waals surface area contributed by atoms with Crippen molar-refractivity contribution in [1.29, 1.82) is 0 Å². The summed E-state index contributed by atoms with van der Waals surface area (Å²) < 4.78 is 8.21. The first kappa shape index (κ1) is 18.9. The number of hydrogen-bond acceptors (Lipinski definition) is 4. The van der Waals surface area contributed by atoms with E-state index in [4.69, 9.17) is 4.74 Å². The van der Waals surface area contributed by atoms with Gasteiger partial charge in [0.1, 0.15) is 5.69 Å². The molecule has 3 aliphatic rings. The van der Waals surface area contributed by atoms with Crippen LogP contribution >= 0.6 is 0 Å². The molecule has 1 aromatic heterocycles. The zero-order chi connectivity index (χ0) is 19.6. The number of aryl methyl sites for hydroxylation is 2. The van der Waals surface area contributed by atoms with Gasteiger partial charge in [0.15, 0.2) is 0 Å². The van der Waals surface area contributed by atoms with Crippen LogP contribution in [0.4, 0.5) is 0 Å². The minimum atomic E-state index is -0.0167. The van der Waals surface area contributed by atoms with E-state index in [9.17, 15) is 4.79 Å². The van der Waals surface area contributed by atoms with Crippen LogP contribution in [0.15, 0.2) is 0 Å². The van der Waals surface area contributed by atoms with Crippen LogP contribution in [0.3, 0.4) is 0 Å². The first-order chi connectivity index (χ1) is 12.6. The molecule has 0 unspecified atom stereocenters. The Hall–Kier alpha value is -1.40. The third-order valence-electron chi connectivity index (χ3n) is 6.79. The smallest absolute Gasteiger partial charge is 0.269 e. The summed E-state index contributed by atoms with van der Waals surface area (Å²) in [7, 11) is 1.84. The van der Waals surface area contributed by atoms with Crippen LogP contribution in [-0.4, -0.2) is 58.5 Å². The van der Waals surface area contributed by atoms with E-state index in [-0.39, 0.29) is 11.5 Å². The Morgan fingerprint density at radius 3 is 2.74 bits per heavy atom. The van der Waals surface area contributed by atoms with Gasteiger partial charge < -0.3 is 10.1 Å². The summed E-state index contributed by atoms with van der Waals surface area (Å²) in [5.74, 6) is 0.938. The molecular formula is C21H34N4O2. The molecule has 27 heavy (non-hydrogen) atoms. The molecule has 1 aromatic rings. The van der Waals surface area contributed by atoms with Crippen LogP contribution in [-0.2, 0) is 11.8 Å². The number of ether oxygens (including phenoxy) is 1. The number of nitrogens with zero attached hydrogens (tertiary/aromatic N) is 3. The molecule has 1 N–H and O–H groups in total. The number of aromatic nitrogens is 2. The molecule has 0 aromatic carbocycles. The van der Waals surface area contributed by atoms with Crippen LogP contribution < -0.4 is 5.32 Å². The second-order valence-electron chi connectivity index (χ2n) is 10.2. The van der Waals surface area contributed by atoms with Crippen molar-refractivity contribution in [2.45, 2.75) is 59.2 Å². The minimum absolute atomic E-state index is 0.0167. The van der Waals surface area contributed by atoms with E-state index >= 15 is 0 Å². The molecule has 4 heterocycles. The molecular weight excluding hydrogens is 340 g/mol. The van der Waals surface area contributed by atoms with Crippen molar-refractivity contribution in [2.75, 3.05) is 26.2 Å². The van der Waals surface area contributed by atoms with Gasteiger partial charge in [-0.2, -0.15) is 5.10 Å². The zero-order valence-corrected chi connectivity index (χ0v) is 17.6. The quantitative estimate of drug-likeness (QED) is 0.878. The molecule has 1 spiro atoms. The Kier molecular flexibility index (Phi) is 4.43. The van der Waals surface area contributed by atoms with Crippen molar-refractivity contribution < 1.29 is 9.53 Å². The highest BCUT2D eigenvalue weighted by atomic mass is 16.5. The Balaban J connectivity index is 1.43.